The van der Waals surface area contributed by atoms with Gasteiger partial charge in [-0.3, -0.25) is 0 Å². The van der Waals surface area contributed by atoms with Crippen molar-refractivity contribution in [3.8, 4) is 0 Å². The minimum Gasteiger partial charge on any atom is -0.478 e. The van der Waals surface area contributed by atoms with Crippen LogP contribution in [-0.4, -0.2) is 33.0 Å². The second kappa shape index (κ2) is 10.5. The molecule has 0 amide bonds. The summed E-state index contributed by atoms with van der Waals surface area (Å²) in [6.45, 7) is 0. The molecule has 0 radical (unpaired) electrons. The van der Waals surface area contributed by atoms with E-state index in [1.165, 1.54) is 0 Å². The molecule has 1 aromatic carbocycles. The summed E-state index contributed by atoms with van der Waals surface area (Å²) in [5.74, 6) is -0.879. The number of rotatable bonds is 1. The lowest BCUT2D eigenvalue weighted by atomic mass is 10.2. The van der Waals surface area contributed by atoms with E-state index in [0.29, 0.717) is 5.56 Å². The average Bonchev–Trinajstić information content (AvgIpc) is 1.90. The molecule has 0 fully saturated rings. The maximum Gasteiger partial charge on any atom is 0.335 e. The van der Waals surface area contributed by atoms with E-state index in [1.54, 1.807) is 30.3 Å². The first-order valence-electron chi connectivity index (χ1n) is 2.59. The zero-order valence-electron chi connectivity index (χ0n) is 6.74. The van der Waals surface area contributed by atoms with Crippen molar-refractivity contribution in [2.75, 3.05) is 0 Å². The van der Waals surface area contributed by atoms with Gasteiger partial charge in [0.1, 0.15) is 0 Å². The molecule has 0 saturated carbocycles. The van der Waals surface area contributed by atoms with Gasteiger partial charge in [-0.1, -0.05) is 18.2 Å². The molecule has 0 unspecified atom stereocenters. The zero-order chi connectivity index (χ0) is 6.69. The SMILES string of the molecule is O.O.O.O.O=C(O)c1ccccc1. The van der Waals surface area contributed by atoms with Crippen molar-refractivity contribution in [1.29, 1.82) is 0 Å². The van der Waals surface area contributed by atoms with Crippen LogP contribution >= 0.6 is 0 Å². The molecular weight excluding hydrogens is 180 g/mol. The van der Waals surface area contributed by atoms with Gasteiger partial charge >= 0.3 is 5.97 Å². The summed E-state index contributed by atoms with van der Waals surface area (Å²) in [6.07, 6.45) is 0. The highest BCUT2D eigenvalue weighted by atomic mass is 16.4. The quantitative estimate of drug-likeness (QED) is 0.551. The van der Waals surface area contributed by atoms with E-state index < -0.39 is 5.97 Å². The van der Waals surface area contributed by atoms with Gasteiger partial charge in [-0.2, -0.15) is 0 Å². The number of aromatic carboxylic acids is 1. The van der Waals surface area contributed by atoms with Crippen molar-refractivity contribution in [1.82, 2.24) is 0 Å². The molecule has 6 nitrogen and oxygen atoms in total. The molecule has 0 aliphatic heterocycles. The van der Waals surface area contributed by atoms with Gasteiger partial charge in [0.05, 0.1) is 5.56 Å². The molecule has 0 aliphatic carbocycles. The predicted molar refractivity (Wildman–Crippen MR) is 47.9 cm³/mol. The third-order valence-corrected chi connectivity index (χ3v) is 1.02. The molecule has 1 aromatic rings. The molecule has 1 rings (SSSR count). The van der Waals surface area contributed by atoms with Crippen LogP contribution in [0.4, 0.5) is 0 Å². The number of carboxylic acids is 1. The minimum atomic E-state index is -0.879. The van der Waals surface area contributed by atoms with Gasteiger partial charge in [-0.15, -0.1) is 0 Å². The van der Waals surface area contributed by atoms with E-state index in [-0.39, 0.29) is 21.9 Å². The van der Waals surface area contributed by atoms with Crippen molar-refractivity contribution >= 4 is 5.97 Å². The normalized spacial score (nSPS) is 6.15. The Morgan fingerprint density at radius 3 is 1.54 bits per heavy atom. The molecule has 78 valence electrons. The molecule has 0 atom stereocenters. The predicted octanol–water partition coefficient (Wildman–Crippen LogP) is -1.91. The van der Waals surface area contributed by atoms with Gasteiger partial charge in [-0.25, -0.2) is 4.79 Å². The maximum absolute atomic E-state index is 10.2. The van der Waals surface area contributed by atoms with E-state index in [2.05, 4.69) is 0 Å². The summed E-state index contributed by atoms with van der Waals surface area (Å²) in [7, 11) is 0. The van der Waals surface area contributed by atoms with Crippen molar-refractivity contribution in [2.45, 2.75) is 0 Å². The smallest absolute Gasteiger partial charge is 0.335 e. The Bertz CT molecular complexity index is 209. The van der Waals surface area contributed by atoms with Crippen LogP contribution in [-0.2, 0) is 0 Å². The Labute approximate surface area is 74.7 Å². The number of carboxylic acid groups (broad SMARTS) is 1. The van der Waals surface area contributed by atoms with Gasteiger partial charge < -0.3 is 27.0 Å². The second-order valence-corrected chi connectivity index (χ2v) is 1.67. The average molecular weight is 194 g/mol. The van der Waals surface area contributed by atoms with Gasteiger partial charge in [0.25, 0.3) is 0 Å². The highest BCUT2D eigenvalue weighted by Gasteiger charge is 1.96. The fourth-order valence-corrected chi connectivity index (χ4v) is 0.581. The Morgan fingerprint density at radius 1 is 0.923 bits per heavy atom. The van der Waals surface area contributed by atoms with Gasteiger partial charge in [0.2, 0.25) is 0 Å². The Morgan fingerprint density at radius 2 is 1.31 bits per heavy atom. The standard InChI is InChI=1S/C7H6O2.4H2O/c8-7(9)6-4-2-1-3-5-6;;;;/h1-5H,(H,8,9);4*1H2. The first kappa shape index (κ1) is 22.5. The molecule has 0 bridgehead atoms. The summed E-state index contributed by atoms with van der Waals surface area (Å²) in [5, 5.41) is 8.38. The Kier molecular flexibility index (Phi) is 18.3. The molecule has 0 spiro atoms. The van der Waals surface area contributed by atoms with Crippen LogP contribution in [0.25, 0.3) is 0 Å². The van der Waals surface area contributed by atoms with Crippen LogP contribution in [0, 0.1) is 0 Å². The molecule has 0 aliphatic rings. The highest BCUT2D eigenvalue weighted by Crippen LogP contribution is 1.96. The van der Waals surface area contributed by atoms with Crippen LogP contribution in [0.2, 0.25) is 0 Å². The van der Waals surface area contributed by atoms with E-state index in [0.717, 1.165) is 0 Å². The second-order valence-electron chi connectivity index (χ2n) is 1.67. The van der Waals surface area contributed by atoms with Crippen LogP contribution in [0.1, 0.15) is 10.4 Å². The number of hydrogen-bond donors (Lipinski definition) is 1. The Hall–Kier alpha value is -1.47. The number of hydrogen-bond acceptors (Lipinski definition) is 1. The Balaban J connectivity index is -0.000000101. The number of carbonyl (C=O) groups is 1. The minimum absolute atomic E-state index is 0. The third-order valence-electron chi connectivity index (χ3n) is 1.02. The lowest BCUT2D eigenvalue weighted by Crippen LogP contribution is -1.93. The molecule has 13 heavy (non-hydrogen) atoms. The molecule has 0 aromatic heterocycles. The lowest BCUT2D eigenvalue weighted by Gasteiger charge is -1.88. The summed E-state index contributed by atoms with van der Waals surface area (Å²) in [4.78, 5) is 10.2. The van der Waals surface area contributed by atoms with Crippen LogP contribution in [0.3, 0.4) is 0 Å². The van der Waals surface area contributed by atoms with E-state index >= 15 is 0 Å². The molecule has 6 heteroatoms. The summed E-state index contributed by atoms with van der Waals surface area (Å²) >= 11 is 0. The van der Waals surface area contributed by atoms with Gasteiger partial charge in [0, 0.05) is 0 Å². The maximum atomic E-state index is 10.2. The lowest BCUT2D eigenvalue weighted by molar-refractivity contribution is 0.0697. The van der Waals surface area contributed by atoms with Crippen molar-refractivity contribution in [3.63, 3.8) is 0 Å². The first-order chi connectivity index (χ1) is 4.30. The molecule has 0 heterocycles. The topological polar surface area (TPSA) is 163 Å². The highest BCUT2D eigenvalue weighted by molar-refractivity contribution is 5.87. The first-order valence-corrected chi connectivity index (χ1v) is 2.59. The van der Waals surface area contributed by atoms with Crippen LogP contribution in [0.5, 0.6) is 0 Å². The van der Waals surface area contributed by atoms with Crippen molar-refractivity contribution in [3.05, 3.63) is 35.9 Å². The summed E-state index contributed by atoms with van der Waals surface area (Å²) in [5.41, 5.74) is 0.331. The largest absolute Gasteiger partial charge is 0.478 e. The monoisotopic (exact) mass is 194 g/mol. The van der Waals surface area contributed by atoms with Crippen LogP contribution < -0.4 is 0 Å². The fraction of sp³-hybridized carbons (Fsp3) is 0. The van der Waals surface area contributed by atoms with E-state index in [4.69, 9.17) is 5.11 Å². The van der Waals surface area contributed by atoms with Crippen molar-refractivity contribution in [2.24, 2.45) is 0 Å². The number of benzene rings is 1. The van der Waals surface area contributed by atoms with E-state index in [9.17, 15) is 4.79 Å². The summed E-state index contributed by atoms with van der Waals surface area (Å²) < 4.78 is 0. The fourth-order valence-electron chi connectivity index (χ4n) is 0.581. The van der Waals surface area contributed by atoms with Crippen LogP contribution in [0.15, 0.2) is 30.3 Å². The van der Waals surface area contributed by atoms with E-state index in [1.807, 2.05) is 0 Å². The molecule has 9 N–H and O–H groups in total. The van der Waals surface area contributed by atoms with Gasteiger partial charge in [0.15, 0.2) is 0 Å². The van der Waals surface area contributed by atoms with Crippen molar-refractivity contribution < 1.29 is 31.8 Å². The summed E-state index contributed by atoms with van der Waals surface area (Å²) in [6, 6.07) is 8.30. The van der Waals surface area contributed by atoms with Gasteiger partial charge in [-0.05, 0) is 12.1 Å². The molecule has 0 saturated heterocycles. The zero-order valence-corrected chi connectivity index (χ0v) is 6.74. The molecular formula is C7H14O6. The third kappa shape index (κ3) is 6.91.